The molecule has 1 saturated carbocycles. The van der Waals surface area contributed by atoms with E-state index in [1.54, 1.807) is 0 Å². The molecule has 1 aromatic heterocycles. The molecule has 3 nitrogen and oxygen atoms in total. The van der Waals surface area contributed by atoms with Crippen molar-refractivity contribution < 1.29 is 0 Å². The Balaban J connectivity index is 1.92. The molecule has 1 fully saturated rings. The molecule has 0 spiro atoms. The number of pyridine rings is 1. The summed E-state index contributed by atoms with van der Waals surface area (Å²) in [5.41, 5.74) is 1.15. The summed E-state index contributed by atoms with van der Waals surface area (Å²) in [6.07, 6.45) is 8.61. The number of anilines is 2. The molecule has 100 valence electrons. The number of nitrogens with zero attached hydrogens (tertiary/aromatic N) is 2. The van der Waals surface area contributed by atoms with Crippen molar-refractivity contribution in [3.05, 3.63) is 18.3 Å². The number of nitrogens with one attached hydrogen (secondary N) is 1. The van der Waals surface area contributed by atoms with Crippen LogP contribution in [0.2, 0.25) is 0 Å². The second-order valence-corrected chi connectivity index (χ2v) is 5.75. The third-order valence-electron chi connectivity index (χ3n) is 3.83. The fraction of sp³-hybridized carbons (Fsp3) is 0.667. The minimum absolute atomic E-state index is 0.627. The monoisotopic (exact) mass is 247 g/mol. The standard InChI is InChI=1S/C15H25N3/c1-12-5-4-6-13(8-7-12)17-14-9-10-15(16-11-14)18(2)3/h9-13,17H,4-8H2,1-3H3. The molecule has 1 aliphatic carbocycles. The molecule has 0 amide bonds. The van der Waals surface area contributed by atoms with Crippen LogP contribution in [0.4, 0.5) is 11.5 Å². The van der Waals surface area contributed by atoms with Crippen LogP contribution in [-0.2, 0) is 0 Å². The first-order valence-electron chi connectivity index (χ1n) is 7.05. The lowest BCUT2D eigenvalue weighted by molar-refractivity contribution is 0.502. The van der Waals surface area contributed by atoms with E-state index in [0.717, 1.165) is 17.4 Å². The van der Waals surface area contributed by atoms with Crippen molar-refractivity contribution in [3.8, 4) is 0 Å². The lowest BCUT2D eigenvalue weighted by Crippen LogP contribution is -2.18. The zero-order valence-electron chi connectivity index (χ0n) is 11.8. The molecule has 0 saturated heterocycles. The molecule has 2 unspecified atom stereocenters. The van der Waals surface area contributed by atoms with Gasteiger partial charge in [0.15, 0.2) is 0 Å². The summed E-state index contributed by atoms with van der Waals surface area (Å²) in [4.78, 5) is 6.47. The molecule has 2 atom stereocenters. The van der Waals surface area contributed by atoms with Gasteiger partial charge in [-0.3, -0.25) is 0 Å². The van der Waals surface area contributed by atoms with Gasteiger partial charge in [-0.1, -0.05) is 19.8 Å². The van der Waals surface area contributed by atoms with Gasteiger partial charge in [0.2, 0.25) is 0 Å². The van der Waals surface area contributed by atoms with E-state index in [9.17, 15) is 0 Å². The molecular weight excluding hydrogens is 222 g/mol. The quantitative estimate of drug-likeness (QED) is 0.828. The Morgan fingerprint density at radius 3 is 2.67 bits per heavy atom. The van der Waals surface area contributed by atoms with Crippen molar-refractivity contribution in [2.45, 2.75) is 45.1 Å². The minimum atomic E-state index is 0.627. The molecule has 3 heteroatoms. The van der Waals surface area contributed by atoms with Gasteiger partial charge in [-0.2, -0.15) is 0 Å². The highest BCUT2D eigenvalue weighted by atomic mass is 15.1. The van der Waals surface area contributed by atoms with Crippen molar-refractivity contribution in [1.29, 1.82) is 0 Å². The Morgan fingerprint density at radius 1 is 1.17 bits per heavy atom. The Morgan fingerprint density at radius 2 is 2.00 bits per heavy atom. The predicted molar refractivity (Wildman–Crippen MR) is 78.2 cm³/mol. The van der Waals surface area contributed by atoms with Crippen LogP contribution in [0.1, 0.15) is 39.0 Å². The highest BCUT2D eigenvalue weighted by Gasteiger charge is 2.15. The molecule has 18 heavy (non-hydrogen) atoms. The first kappa shape index (κ1) is 13.2. The van der Waals surface area contributed by atoms with Crippen molar-refractivity contribution in [2.24, 2.45) is 5.92 Å². The Bertz CT molecular complexity index is 359. The van der Waals surface area contributed by atoms with E-state index < -0.39 is 0 Å². The van der Waals surface area contributed by atoms with E-state index in [1.165, 1.54) is 32.1 Å². The first-order chi connectivity index (χ1) is 8.65. The maximum absolute atomic E-state index is 4.45. The number of hydrogen-bond acceptors (Lipinski definition) is 3. The van der Waals surface area contributed by atoms with Crippen LogP contribution in [0.5, 0.6) is 0 Å². The summed E-state index contributed by atoms with van der Waals surface area (Å²) in [5.74, 6) is 1.90. The molecule has 0 radical (unpaired) electrons. The molecule has 1 aliphatic rings. The molecule has 1 heterocycles. The topological polar surface area (TPSA) is 28.2 Å². The molecule has 2 rings (SSSR count). The number of hydrogen-bond donors (Lipinski definition) is 1. The van der Waals surface area contributed by atoms with Crippen LogP contribution in [0, 0.1) is 5.92 Å². The van der Waals surface area contributed by atoms with Crippen molar-refractivity contribution in [2.75, 3.05) is 24.3 Å². The third-order valence-corrected chi connectivity index (χ3v) is 3.83. The van der Waals surface area contributed by atoms with Crippen LogP contribution >= 0.6 is 0 Å². The van der Waals surface area contributed by atoms with E-state index in [2.05, 4.69) is 29.4 Å². The Kier molecular flexibility index (Phi) is 4.45. The largest absolute Gasteiger partial charge is 0.381 e. The Hall–Kier alpha value is -1.25. The predicted octanol–water partition coefficient (Wildman–Crippen LogP) is 3.53. The zero-order chi connectivity index (χ0) is 13.0. The molecular formula is C15H25N3. The molecule has 0 aliphatic heterocycles. The van der Waals surface area contributed by atoms with Gasteiger partial charge in [-0.15, -0.1) is 0 Å². The summed E-state index contributed by atoms with van der Waals surface area (Å²) in [6, 6.07) is 4.83. The number of aromatic nitrogens is 1. The lowest BCUT2D eigenvalue weighted by atomic mass is 10.0. The van der Waals surface area contributed by atoms with Gasteiger partial charge in [0.1, 0.15) is 5.82 Å². The van der Waals surface area contributed by atoms with E-state index >= 15 is 0 Å². The summed E-state index contributed by atoms with van der Waals surface area (Å²) < 4.78 is 0. The lowest BCUT2D eigenvalue weighted by Gasteiger charge is -2.18. The van der Waals surface area contributed by atoms with Gasteiger partial charge in [-0.05, 0) is 37.3 Å². The minimum Gasteiger partial charge on any atom is -0.381 e. The second kappa shape index (κ2) is 6.07. The van der Waals surface area contributed by atoms with Crippen LogP contribution in [-0.4, -0.2) is 25.1 Å². The van der Waals surface area contributed by atoms with E-state index in [1.807, 2.05) is 25.2 Å². The normalized spacial score (nSPS) is 24.4. The van der Waals surface area contributed by atoms with Gasteiger partial charge in [0, 0.05) is 20.1 Å². The van der Waals surface area contributed by atoms with Gasteiger partial charge in [0.25, 0.3) is 0 Å². The SMILES string of the molecule is CC1CCCC(Nc2ccc(N(C)C)nc2)CC1. The van der Waals surface area contributed by atoms with E-state index in [-0.39, 0.29) is 0 Å². The van der Waals surface area contributed by atoms with Crippen LogP contribution < -0.4 is 10.2 Å². The number of rotatable bonds is 3. The first-order valence-corrected chi connectivity index (χ1v) is 7.05. The summed E-state index contributed by atoms with van der Waals surface area (Å²) in [5, 5.41) is 3.63. The third kappa shape index (κ3) is 3.62. The van der Waals surface area contributed by atoms with Crippen LogP contribution in [0.3, 0.4) is 0 Å². The van der Waals surface area contributed by atoms with Gasteiger partial charge < -0.3 is 10.2 Å². The highest BCUT2D eigenvalue weighted by Crippen LogP contribution is 2.25. The van der Waals surface area contributed by atoms with Gasteiger partial charge in [0.05, 0.1) is 11.9 Å². The highest BCUT2D eigenvalue weighted by molar-refractivity contribution is 5.48. The van der Waals surface area contributed by atoms with Gasteiger partial charge >= 0.3 is 0 Å². The fourth-order valence-corrected chi connectivity index (χ4v) is 2.60. The van der Waals surface area contributed by atoms with Gasteiger partial charge in [-0.25, -0.2) is 4.98 Å². The van der Waals surface area contributed by atoms with Crippen molar-refractivity contribution in [1.82, 2.24) is 4.98 Å². The van der Waals surface area contributed by atoms with Crippen molar-refractivity contribution in [3.63, 3.8) is 0 Å². The fourth-order valence-electron chi connectivity index (χ4n) is 2.60. The van der Waals surface area contributed by atoms with E-state index in [4.69, 9.17) is 0 Å². The summed E-state index contributed by atoms with van der Waals surface area (Å²) in [7, 11) is 4.03. The molecule has 0 aromatic carbocycles. The molecule has 1 aromatic rings. The molecule has 0 bridgehead atoms. The maximum atomic E-state index is 4.45. The summed E-state index contributed by atoms with van der Waals surface area (Å²) in [6.45, 7) is 2.37. The smallest absolute Gasteiger partial charge is 0.128 e. The van der Waals surface area contributed by atoms with Crippen LogP contribution in [0.15, 0.2) is 18.3 Å². The van der Waals surface area contributed by atoms with E-state index in [0.29, 0.717) is 6.04 Å². The summed E-state index contributed by atoms with van der Waals surface area (Å²) >= 11 is 0. The Labute approximate surface area is 111 Å². The maximum Gasteiger partial charge on any atom is 0.128 e. The molecule has 1 N–H and O–H groups in total. The second-order valence-electron chi connectivity index (χ2n) is 5.75. The average Bonchev–Trinajstić information content (AvgIpc) is 2.55. The van der Waals surface area contributed by atoms with Crippen molar-refractivity contribution >= 4 is 11.5 Å². The van der Waals surface area contributed by atoms with Crippen LogP contribution in [0.25, 0.3) is 0 Å². The average molecular weight is 247 g/mol. The zero-order valence-corrected chi connectivity index (χ0v) is 11.8.